The minimum atomic E-state index is 0. The van der Waals surface area contributed by atoms with Crippen LogP contribution in [0.2, 0.25) is 5.02 Å². The molecule has 0 saturated heterocycles. The van der Waals surface area contributed by atoms with Gasteiger partial charge < -0.3 is 15.4 Å². The van der Waals surface area contributed by atoms with Gasteiger partial charge in [-0.15, -0.1) is 35.3 Å². The van der Waals surface area contributed by atoms with Crippen molar-refractivity contribution < 1.29 is 4.74 Å². The van der Waals surface area contributed by atoms with Crippen LogP contribution in [-0.4, -0.2) is 37.2 Å². The minimum Gasteiger partial charge on any atom is -0.492 e. The molecule has 2 N–H and O–H groups in total. The number of hydrogen-bond acceptors (Lipinski definition) is 4. The van der Waals surface area contributed by atoms with Crippen LogP contribution in [0.3, 0.4) is 0 Å². The van der Waals surface area contributed by atoms with Crippen LogP contribution in [0.25, 0.3) is 0 Å². The maximum atomic E-state index is 5.93. The van der Waals surface area contributed by atoms with Gasteiger partial charge in [0.25, 0.3) is 0 Å². The van der Waals surface area contributed by atoms with Gasteiger partial charge in [-0.2, -0.15) is 0 Å². The summed E-state index contributed by atoms with van der Waals surface area (Å²) in [4.78, 5) is 9.01. The topological polar surface area (TPSA) is 58.5 Å². The summed E-state index contributed by atoms with van der Waals surface area (Å²) >= 11 is 7.60. The van der Waals surface area contributed by atoms with E-state index in [0.717, 1.165) is 35.4 Å². The van der Waals surface area contributed by atoms with Crippen molar-refractivity contribution in [2.75, 3.05) is 26.2 Å². The first kappa shape index (κ1) is 22.0. The summed E-state index contributed by atoms with van der Waals surface area (Å²) in [7, 11) is 0. The van der Waals surface area contributed by atoms with E-state index in [1.54, 1.807) is 17.4 Å². The molecule has 0 fully saturated rings. The van der Waals surface area contributed by atoms with Crippen molar-refractivity contribution in [3.63, 3.8) is 0 Å². The van der Waals surface area contributed by atoms with E-state index in [1.165, 1.54) is 0 Å². The van der Waals surface area contributed by atoms with Crippen LogP contribution in [0.1, 0.15) is 17.6 Å². The molecule has 0 saturated carbocycles. The Kier molecular flexibility index (Phi) is 10.8. The molecule has 25 heavy (non-hydrogen) atoms. The van der Waals surface area contributed by atoms with Gasteiger partial charge in [0.2, 0.25) is 0 Å². The van der Waals surface area contributed by atoms with Crippen molar-refractivity contribution in [1.29, 1.82) is 0 Å². The molecule has 0 radical (unpaired) electrons. The molecule has 5 nitrogen and oxygen atoms in total. The van der Waals surface area contributed by atoms with Gasteiger partial charge in [-0.05, 0) is 32.0 Å². The monoisotopic (exact) mass is 494 g/mol. The Hall–Kier alpha value is -1.06. The molecule has 0 aliphatic carbocycles. The Balaban J connectivity index is 0.00000312. The fourth-order valence-corrected chi connectivity index (χ4v) is 2.87. The predicted octanol–water partition coefficient (Wildman–Crippen LogP) is 3.90. The summed E-state index contributed by atoms with van der Waals surface area (Å²) in [5.41, 5.74) is 1.10. The number of nitrogens with zero attached hydrogens (tertiary/aromatic N) is 2. The van der Waals surface area contributed by atoms with Crippen LogP contribution in [0.15, 0.2) is 34.6 Å². The van der Waals surface area contributed by atoms with Gasteiger partial charge in [-0.3, -0.25) is 4.99 Å². The summed E-state index contributed by atoms with van der Waals surface area (Å²) in [6.07, 6.45) is 0.847. The molecule has 2 aromatic rings. The number of aromatic nitrogens is 1. The van der Waals surface area contributed by atoms with Crippen molar-refractivity contribution in [1.82, 2.24) is 15.6 Å². The maximum absolute atomic E-state index is 5.93. The van der Waals surface area contributed by atoms with Gasteiger partial charge in [-0.1, -0.05) is 17.7 Å². The number of guanidine groups is 1. The van der Waals surface area contributed by atoms with Crippen LogP contribution in [0, 0.1) is 6.92 Å². The van der Waals surface area contributed by atoms with E-state index < -0.39 is 0 Å². The number of benzene rings is 1. The zero-order valence-electron chi connectivity index (χ0n) is 14.4. The zero-order valence-corrected chi connectivity index (χ0v) is 18.3. The molecule has 8 heteroatoms. The van der Waals surface area contributed by atoms with E-state index in [-0.39, 0.29) is 24.0 Å². The number of nitrogens with one attached hydrogen (secondary N) is 2. The van der Waals surface area contributed by atoms with Crippen LogP contribution < -0.4 is 15.4 Å². The van der Waals surface area contributed by atoms with Crippen molar-refractivity contribution >= 4 is 52.9 Å². The third-order valence-corrected chi connectivity index (χ3v) is 4.17. The van der Waals surface area contributed by atoms with Gasteiger partial charge in [0, 0.05) is 29.9 Å². The Bertz CT molecular complexity index is 666. The van der Waals surface area contributed by atoms with E-state index >= 15 is 0 Å². The van der Waals surface area contributed by atoms with Gasteiger partial charge >= 0.3 is 0 Å². The van der Waals surface area contributed by atoms with E-state index in [2.05, 4.69) is 26.0 Å². The van der Waals surface area contributed by atoms with E-state index in [1.807, 2.05) is 32.0 Å². The second-order valence-corrected chi connectivity index (χ2v) is 6.60. The molecule has 138 valence electrons. The molecule has 1 aromatic heterocycles. The number of hydrogen-bond donors (Lipinski definition) is 2. The first-order valence-corrected chi connectivity index (χ1v) is 9.24. The quantitative estimate of drug-likeness (QED) is 0.253. The molecular weight excluding hydrogens is 471 g/mol. The van der Waals surface area contributed by atoms with Crippen molar-refractivity contribution in [2.45, 2.75) is 20.3 Å². The lowest BCUT2D eigenvalue weighted by atomic mass is 10.3. The van der Waals surface area contributed by atoms with Crippen LogP contribution in [0.5, 0.6) is 5.75 Å². The molecule has 0 bridgehead atoms. The molecule has 0 spiro atoms. The lowest BCUT2D eigenvalue weighted by Gasteiger charge is -2.12. The normalized spacial score (nSPS) is 10.9. The predicted molar refractivity (Wildman–Crippen MR) is 117 cm³/mol. The number of rotatable bonds is 8. The number of aryl methyl sites for hydroxylation is 1. The van der Waals surface area contributed by atoms with Crippen LogP contribution in [-0.2, 0) is 6.42 Å². The first-order chi connectivity index (χ1) is 11.7. The molecule has 2 rings (SSSR count). The molecular formula is C17H24ClIN4OS. The standard InChI is InChI=1S/C17H23ClN4OS.HI/c1-3-19-17(20-8-7-15-12-24-13(2)22-15)21-9-10-23-16-6-4-5-14(18)11-16;/h4-6,11-12H,3,7-10H2,1-2H3,(H2,19,20,21);1H. The van der Waals surface area contributed by atoms with Crippen molar-refractivity contribution in [2.24, 2.45) is 4.99 Å². The fourth-order valence-electron chi connectivity index (χ4n) is 2.04. The Morgan fingerprint density at radius 3 is 2.88 bits per heavy atom. The Labute approximate surface area is 175 Å². The highest BCUT2D eigenvalue weighted by atomic mass is 127. The average Bonchev–Trinajstić information content (AvgIpc) is 2.97. The second kappa shape index (κ2) is 12.3. The zero-order chi connectivity index (χ0) is 17.2. The van der Waals surface area contributed by atoms with Crippen molar-refractivity contribution in [3.05, 3.63) is 45.4 Å². The highest BCUT2D eigenvalue weighted by Gasteiger charge is 2.00. The number of thiazole rings is 1. The van der Waals surface area contributed by atoms with Gasteiger partial charge in [0.1, 0.15) is 12.4 Å². The number of ether oxygens (including phenoxy) is 1. The molecule has 1 aromatic carbocycles. The largest absolute Gasteiger partial charge is 0.492 e. The lowest BCUT2D eigenvalue weighted by molar-refractivity contribution is 0.322. The summed E-state index contributed by atoms with van der Waals surface area (Å²) < 4.78 is 5.65. The highest BCUT2D eigenvalue weighted by molar-refractivity contribution is 14.0. The second-order valence-electron chi connectivity index (χ2n) is 5.10. The van der Waals surface area contributed by atoms with E-state index in [0.29, 0.717) is 24.7 Å². The number of aliphatic imine (C=N–C) groups is 1. The Morgan fingerprint density at radius 2 is 2.20 bits per heavy atom. The highest BCUT2D eigenvalue weighted by Crippen LogP contribution is 2.16. The van der Waals surface area contributed by atoms with Gasteiger partial charge in [0.15, 0.2) is 5.96 Å². The SMILES string of the molecule is CCNC(=NCCc1csc(C)n1)NCCOc1cccc(Cl)c1.I. The van der Waals surface area contributed by atoms with Gasteiger partial charge in [0.05, 0.1) is 17.2 Å². The third kappa shape index (κ3) is 8.73. The Morgan fingerprint density at radius 1 is 1.36 bits per heavy atom. The summed E-state index contributed by atoms with van der Waals surface area (Å²) in [6, 6.07) is 7.39. The summed E-state index contributed by atoms with van der Waals surface area (Å²) in [6.45, 7) is 6.78. The third-order valence-electron chi connectivity index (χ3n) is 3.11. The van der Waals surface area contributed by atoms with Gasteiger partial charge in [-0.25, -0.2) is 4.98 Å². The molecule has 0 aliphatic heterocycles. The fraction of sp³-hybridized carbons (Fsp3) is 0.412. The smallest absolute Gasteiger partial charge is 0.191 e. The first-order valence-electron chi connectivity index (χ1n) is 7.99. The average molecular weight is 495 g/mol. The summed E-state index contributed by atoms with van der Waals surface area (Å²) in [5.74, 6) is 1.56. The van der Waals surface area contributed by atoms with Crippen LogP contribution >= 0.6 is 46.9 Å². The molecule has 0 amide bonds. The van der Waals surface area contributed by atoms with E-state index in [9.17, 15) is 0 Å². The number of halogens is 2. The lowest BCUT2D eigenvalue weighted by Crippen LogP contribution is -2.39. The molecule has 0 atom stereocenters. The minimum absolute atomic E-state index is 0. The van der Waals surface area contributed by atoms with E-state index in [4.69, 9.17) is 16.3 Å². The molecule has 1 heterocycles. The molecule has 0 aliphatic rings. The molecule has 0 unspecified atom stereocenters. The summed E-state index contributed by atoms with van der Waals surface area (Å²) in [5, 5.41) is 10.3. The maximum Gasteiger partial charge on any atom is 0.191 e. The van der Waals surface area contributed by atoms with Crippen molar-refractivity contribution in [3.8, 4) is 5.75 Å². The van der Waals surface area contributed by atoms with Crippen LogP contribution in [0.4, 0.5) is 0 Å².